The Balaban J connectivity index is 0.00000387. The van der Waals surface area contributed by atoms with Gasteiger partial charge >= 0.3 is 17.1 Å². The van der Waals surface area contributed by atoms with Crippen LogP contribution in [0, 0.1) is 0 Å². The molecule has 0 spiro atoms. The van der Waals surface area contributed by atoms with E-state index in [1.807, 2.05) is 40.7 Å². The minimum Gasteiger partial charge on any atom is -0.657 e. The number of aromatic nitrogens is 12. The Bertz CT molecular complexity index is 2750. The number of H-pyrrole nitrogens is 1. The third-order valence-electron chi connectivity index (χ3n) is 9.69. The summed E-state index contributed by atoms with van der Waals surface area (Å²) in [5, 5.41) is 0. The summed E-state index contributed by atoms with van der Waals surface area (Å²) in [7, 11) is 14.3. The maximum atomic E-state index is 5.37. The van der Waals surface area contributed by atoms with Crippen LogP contribution in [0.4, 0.5) is 0 Å². The molecule has 7 aromatic heterocycles. The fourth-order valence-corrected chi connectivity index (χ4v) is 7.47. The fourth-order valence-electron chi connectivity index (χ4n) is 7.47. The summed E-state index contributed by atoms with van der Waals surface area (Å²) in [5.74, 6) is 0. The van der Waals surface area contributed by atoms with Crippen LogP contribution in [0.2, 0.25) is 0 Å². The molecular formula is C39H38MnN12+5. The van der Waals surface area contributed by atoms with E-state index in [-0.39, 0.29) is 17.1 Å². The molecule has 52 heavy (non-hydrogen) atoms. The van der Waals surface area contributed by atoms with Gasteiger partial charge in [-0.05, 0) is 24.3 Å². The number of imidazole rings is 4. The Morgan fingerprint density at radius 1 is 0.500 bits per heavy atom. The normalized spacial score (nSPS) is 12.2. The molecule has 2 aliphatic heterocycles. The van der Waals surface area contributed by atoms with Crippen LogP contribution in [0.25, 0.3) is 91.4 Å². The van der Waals surface area contributed by atoms with Gasteiger partial charge in [0.1, 0.15) is 24.8 Å². The van der Waals surface area contributed by atoms with Crippen LogP contribution in [0.5, 0.6) is 0 Å². The van der Waals surface area contributed by atoms with Crippen molar-refractivity contribution in [2.45, 2.75) is 0 Å². The molecule has 12 nitrogen and oxygen atoms in total. The number of fused-ring (bicyclic) bond motifs is 8. The average Bonchev–Trinajstić information content (AvgIpc) is 3.93. The molecule has 0 saturated heterocycles. The number of aromatic amines is 1. The van der Waals surface area contributed by atoms with Crippen LogP contribution >= 0.6 is 0 Å². The summed E-state index contributed by atoms with van der Waals surface area (Å²) in [6.07, 6.45) is 24.8. The van der Waals surface area contributed by atoms with Crippen LogP contribution in [0.15, 0.2) is 74.4 Å². The minimum absolute atomic E-state index is 0. The first kappa shape index (κ1) is 33.1. The van der Waals surface area contributed by atoms with Crippen molar-refractivity contribution in [3.8, 4) is 45.0 Å². The van der Waals surface area contributed by atoms with Gasteiger partial charge in [0.15, 0.2) is 22.8 Å². The third kappa shape index (κ3) is 5.28. The summed E-state index contributed by atoms with van der Waals surface area (Å²) >= 11 is 0. The molecule has 0 aromatic carbocycles. The maximum Gasteiger partial charge on any atom is 3.00 e. The zero-order valence-electron chi connectivity index (χ0n) is 30.0. The molecule has 2 aliphatic rings. The topological polar surface area (TPSA) is 99.5 Å². The van der Waals surface area contributed by atoms with E-state index < -0.39 is 0 Å². The molecule has 7 aromatic rings. The van der Waals surface area contributed by atoms with Crippen molar-refractivity contribution in [3.05, 3.63) is 97.1 Å². The summed E-state index contributed by atoms with van der Waals surface area (Å²) in [5.41, 5.74) is 14.4. The summed E-state index contributed by atoms with van der Waals surface area (Å²) in [4.78, 5) is 24.7. The predicted octanol–water partition coefficient (Wildman–Crippen LogP) is 3.22. The molecule has 1 N–H and O–H groups in total. The molecule has 0 unspecified atom stereocenters. The molecule has 0 aliphatic carbocycles. The number of hydrogen-bond acceptors (Lipinski definition) is 2. The van der Waals surface area contributed by atoms with Crippen molar-refractivity contribution in [2.24, 2.45) is 49.3 Å². The van der Waals surface area contributed by atoms with Gasteiger partial charge in [0.2, 0.25) is 25.3 Å². The molecule has 0 amide bonds. The van der Waals surface area contributed by atoms with Gasteiger partial charge in [-0.1, -0.05) is 24.3 Å². The molecule has 0 atom stereocenters. The van der Waals surface area contributed by atoms with Crippen molar-refractivity contribution in [2.75, 3.05) is 0 Å². The maximum absolute atomic E-state index is 5.37. The van der Waals surface area contributed by atoms with E-state index >= 15 is 0 Å². The van der Waals surface area contributed by atoms with Crippen LogP contribution in [-0.4, -0.2) is 28.2 Å². The van der Waals surface area contributed by atoms with E-state index in [1.54, 1.807) is 0 Å². The summed E-state index contributed by atoms with van der Waals surface area (Å²) < 4.78 is 14.6. The Labute approximate surface area is 310 Å². The van der Waals surface area contributed by atoms with Gasteiger partial charge in [-0.3, -0.25) is 0 Å². The van der Waals surface area contributed by atoms with Crippen LogP contribution in [-0.2, 0) is 66.4 Å². The van der Waals surface area contributed by atoms with Crippen LogP contribution < -0.4 is 28.7 Å². The summed E-state index contributed by atoms with van der Waals surface area (Å²) in [6, 6.07) is 8.38. The molecule has 0 saturated carbocycles. The van der Waals surface area contributed by atoms with Crippen molar-refractivity contribution in [3.63, 3.8) is 0 Å². The van der Waals surface area contributed by atoms with Gasteiger partial charge in [0.05, 0.1) is 72.1 Å². The second-order valence-electron chi connectivity index (χ2n) is 13.5. The molecule has 8 bridgehead atoms. The predicted molar refractivity (Wildman–Crippen MR) is 195 cm³/mol. The minimum atomic E-state index is 0. The number of rotatable bonds is 4. The van der Waals surface area contributed by atoms with Crippen molar-refractivity contribution in [1.82, 2.24) is 38.2 Å². The first-order chi connectivity index (χ1) is 24.6. The Morgan fingerprint density at radius 3 is 1.10 bits per heavy atom. The van der Waals surface area contributed by atoms with Crippen molar-refractivity contribution in [1.29, 1.82) is 0 Å². The van der Waals surface area contributed by atoms with E-state index in [0.29, 0.717) is 0 Å². The number of aryl methyl sites for hydroxylation is 7. The SMILES string of the molecule is Cn1c[nH+]cc1-c1c2nc(c(-c3c[n+](C)cn3C)c3ccc([n-]3)c(-c3c[n+](C)cn3C)c3nc(c(-c4c[n+](C)cn4C)c4ccc1[n-]4)C=C3)C=C2.[Mn+3]. The molecule has 0 fully saturated rings. The molecule has 0 radical (unpaired) electrons. The average molecular weight is 730 g/mol. The quantitative estimate of drug-likeness (QED) is 0.205. The molecule has 9 heterocycles. The Kier molecular flexibility index (Phi) is 7.85. The fraction of sp³-hybridized carbons (Fsp3) is 0.179. The molecule has 13 heteroatoms. The van der Waals surface area contributed by atoms with E-state index in [4.69, 9.17) is 19.9 Å². The zero-order valence-corrected chi connectivity index (χ0v) is 31.2. The summed E-state index contributed by atoms with van der Waals surface area (Å²) in [6.45, 7) is 0. The second kappa shape index (κ2) is 12.3. The van der Waals surface area contributed by atoms with E-state index in [0.717, 1.165) is 89.9 Å². The number of nitrogens with zero attached hydrogens (tertiary/aromatic N) is 11. The monoisotopic (exact) mass is 729 g/mol. The van der Waals surface area contributed by atoms with E-state index in [9.17, 15) is 0 Å². The van der Waals surface area contributed by atoms with Gasteiger partial charge in [0.25, 0.3) is 0 Å². The molecular weight excluding hydrogens is 691 g/mol. The third-order valence-corrected chi connectivity index (χ3v) is 9.69. The molecule has 256 valence electrons. The first-order valence-electron chi connectivity index (χ1n) is 16.8. The Hall–Kier alpha value is -6.04. The van der Waals surface area contributed by atoms with E-state index in [2.05, 4.69) is 144 Å². The second-order valence-corrected chi connectivity index (χ2v) is 13.5. The standard InChI is InChI=1S/C39H37N12.Mn/c1-45-17-33(49(5)21-45)37-26-10-8-24(41-26)36(32-16-40-20-48(32)4)25-9-11-27(42-25)38(34-18-46(2)22-50(34)6)29-13-15-31(44-29)39(30-14-12-28(37)43-30)35-19-47(3)23-51(35)7;/h8-23H,1-7H3;/q+1;+3/p+1. The van der Waals surface area contributed by atoms with Gasteiger partial charge in [-0.2, -0.15) is 0 Å². The van der Waals surface area contributed by atoms with Gasteiger partial charge in [0, 0.05) is 22.3 Å². The van der Waals surface area contributed by atoms with Gasteiger partial charge in [-0.15, -0.1) is 22.1 Å². The van der Waals surface area contributed by atoms with E-state index in [1.165, 1.54) is 0 Å². The largest absolute Gasteiger partial charge is 3.00 e. The smallest absolute Gasteiger partial charge is 0.657 e. The first-order valence-corrected chi connectivity index (χ1v) is 16.8. The Morgan fingerprint density at radius 2 is 0.827 bits per heavy atom. The zero-order chi connectivity index (χ0) is 35.1. The van der Waals surface area contributed by atoms with Gasteiger partial charge in [-0.25, -0.2) is 46.9 Å². The van der Waals surface area contributed by atoms with Crippen molar-refractivity contribution < 1.29 is 35.8 Å². The molecule has 9 rings (SSSR count). The van der Waals surface area contributed by atoms with Crippen LogP contribution in [0.3, 0.4) is 0 Å². The van der Waals surface area contributed by atoms with Crippen LogP contribution in [0.1, 0.15) is 22.8 Å². The van der Waals surface area contributed by atoms with Gasteiger partial charge < -0.3 is 9.97 Å². The number of hydrogen-bond donors (Lipinski definition) is 0. The number of nitrogens with one attached hydrogen (secondary N) is 1. The van der Waals surface area contributed by atoms with Crippen molar-refractivity contribution >= 4 is 46.4 Å².